The summed E-state index contributed by atoms with van der Waals surface area (Å²) in [7, 11) is 1.69. The lowest BCUT2D eigenvalue weighted by Gasteiger charge is -2.00. The van der Waals surface area contributed by atoms with Crippen molar-refractivity contribution < 1.29 is 4.74 Å². The van der Waals surface area contributed by atoms with Gasteiger partial charge in [0, 0.05) is 42.2 Å². The van der Waals surface area contributed by atoms with Crippen LogP contribution in [0.5, 0.6) is 0 Å². The van der Waals surface area contributed by atoms with Gasteiger partial charge in [0.05, 0.1) is 19.3 Å². The molecule has 1 N–H and O–H groups in total. The molecule has 20 heavy (non-hydrogen) atoms. The molecule has 104 valence electrons. The Morgan fingerprint density at radius 3 is 3.00 bits per heavy atom. The Balaban J connectivity index is 1.94. The number of aryl methyl sites for hydroxylation is 1. The summed E-state index contributed by atoms with van der Waals surface area (Å²) in [5, 5.41) is 5.53. The number of hydrogen-bond acceptors (Lipinski definition) is 3. The van der Waals surface area contributed by atoms with Crippen LogP contribution in [0.1, 0.15) is 12.5 Å². The molecular formula is C15H18N4O. The first-order chi connectivity index (χ1) is 9.81. The van der Waals surface area contributed by atoms with Crippen LogP contribution in [-0.4, -0.2) is 33.5 Å². The van der Waals surface area contributed by atoms with Gasteiger partial charge in [0.1, 0.15) is 5.65 Å². The first kappa shape index (κ1) is 12.9. The molecule has 0 aromatic carbocycles. The third kappa shape index (κ3) is 2.32. The number of ether oxygens (including phenoxy) is 1. The number of aromatic amines is 1. The zero-order chi connectivity index (χ0) is 13.9. The van der Waals surface area contributed by atoms with E-state index in [-0.39, 0.29) is 0 Å². The quantitative estimate of drug-likeness (QED) is 0.775. The Kier molecular flexibility index (Phi) is 3.52. The van der Waals surface area contributed by atoms with Gasteiger partial charge in [0.2, 0.25) is 0 Å². The van der Waals surface area contributed by atoms with Gasteiger partial charge in [-0.15, -0.1) is 0 Å². The molecule has 5 nitrogen and oxygen atoms in total. The number of nitrogens with one attached hydrogen (secondary N) is 1. The molecule has 0 amide bonds. The monoisotopic (exact) mass is 270 g/mol. The van der Waals surface area contributed by atoms with Gasteiger partial charge in [-0.05, 0) is 18.1 Å². The molecule has 0 spiro atoms. The highest BCUT2D eigenvalue weighted by atomic mass is 16.5. The number of nitrogens with zero attached hydrogens (tertiary/aromatic N) is 3. The van der Waals surface area contributed by atoms with E-state index in [1.54, 1.807) is 7.11 Å². The van der Waals surface area contributed by atoms with E-state index < -0.39 is 0 Å². The minimum atomic E-state index is 0.663. The van der Waals surface area contributed by atoms with Crippen LogP contribution in [0, 0.1) is 0 Å². The van der Waals surface area contributed by atoms with Crippen LogP contribution in [0.3, 0.4) is 0 Å². The van der Waals surface area contributed by atoms with Crippen LogP contribution in [0.2, 0.25) is 0 Å². The summed E-state index contributed by atoms with van der Waals surface area (Å²) in [5.74, 6) is 0. The van der Waals surface area contributed by atoms with Crippen molar-refractivity contribution >= 4 is 11.0 Å². The third-order valence-electron chi connectivity index (χ3n) is 3.49. The van der Waals surface area contributed by atoms with Crippen molar-refractivity contribution in [1.29, 1.82) is 0 Å². The smallest absolute Gasteiger partial charge is 0.137 e. The molecular weight excluding hydrogens is 252 g/mol. The molecule has 0 saturated carbocycles. The van der Waals surface area contributed by atoms with Gasteiger partial charge < -0.3 is 9.72 Å². The van der Waals surface area contributed by atoms with Gasteiger partial charge in [-0.3, -0.25) is 4.68 Å². The summed E-state index contributed by atoms with van der Waals surface area (Å²) in [6, 6.07) is 2.18. The minimum Gasteiger partial charge on any atom is -0.383 e. The number of fused-ring (bicyclic) bond motifs is 1. The van der Waals surface area contributed by atoms with Crippen molar-refractivity contribution in [3.63, 3.8) is 0 Å². The molecule has 0 bridgehead atoms. The van der Waals surface area contributed by atoms with Crippen LogP contribution >= 0.6 is 0 Å². The van der Waals surface area contributed by atoms with Gasteiger partial charge in [-0.2, -0.15) is 5.10 Å². The zero-order valence-electron chi connectivity index (χ0n) is 11.8. The van der Waals surface area contributed by atoms with Gasteiger partial charge in [0.25, 0.3) is 0 Å². The largest absolute Gasteiger partial charge is 0.383 e. The minimum absolute atomic E-state index is 0.663. The second-order valence-corrected chi connectivity index (χ2v) is 4.77. The first-order valence-electron chi connectivity index (χ1n) is 6.79. The van der Waals surface area contributed by atoms with E-state index in [0.717, 1.165) is 29.7 Å². The van der Waals surface area contributed by atoms with Crippen molar-refractivity contribution in [1.82, 2.24) is 19.7 Å². The number of pyridine rings is 1. The number of rotatable bonds is 5. The highest BCUT2D eigenvalue weighted by molar-refractivity contribution is 5.84. The molecule has 0 unspecified atom stereocenters. The lowest BCUT2D eigenvalue weighted by molar-refractivity contribution is 0.183. The predicted octanol–water partition coefficient (Wildman–Crippen LogP) is 2.64. The molecule has 5 heteroatoms. The molecule has 0 fully saturated rings. The van der Waals surface area contributed by atoms with Crippen LogP contribution in [0.4, 0.5) is 0 Å². The van der Waals surface area contributed by atoms with E-state index in [0.29, 0.717) is 6.61 Å². The van der Waals surface area contributed by atoms with E-state index >= 15 is 0 Å². The fourth-order valence-electron chi connectivity index (χ4n) is 2.33. The fraction of sp³-hybridized carbons (Fsp3) is 0.333. The SMILES string of the molecule is CCc1c[nH]c2ncc(-c3cnn(CCOC)c3)cc12. The Bertz CT molecular complexity index is 714. The second-order valence-electron chi connectivity index (χ2n) is 4.77. The molecule has 0 saturated heterocycles. The summed E-state index contributed by atoms with van der Waals surface area (Å²) in [6.07, 6.45) is 8.81. The Morgan fingerprint density at radius 2 is 2.20 bits per heavy atom. The summed E-state index contributed by atoms with van der Waals surface area (Å²) >= 11 is 0. The Hall–Kier alpha value is -2.14. The normalized spacial score (nSPS) is 11.3. The lowest BCUT2D eigenvalue weighted by atomic mass is 10.1. The highest BCUT2D eigenvalue weighted by Crippen LogP contribution is 2.24. The maximum Gasteiger partial charge on any atom is 0.137 e. The standard InChI is InChI=1S/C15H18N4O/c1-3-11-7-16-15-14(11)6-12(8-17-15)13-9-18-19(10-13)4-5-20-2/h6-10H,3-5H2,1-2H3,(H,16,17). The number of H-pyrrole nitrogens is 1. The van der Waals surface area contributed by atoms with E-state index in [1.807, 2.05) is 29.5 Å². The Morgan fingerprint density at radius 1 is 1.30 bits per heavy atom. The third-order valence-corrected chi connectivity index (χ3v) is 3.49. The summed E-state index contributed by atoms with van der Waals surface area (Å²) < 4.78 is 6.95. The van der Waals surface area contributed by atoms with Crippen molar-refractivity contribution in [2.45, 2.75) is 19.9 Å². The molecule has 3 aromatic rings. The molecule has 3 heterocycles. The van der Waals surface area contributed by atoms with Crippen LogP contribution in [0.25, 0.3) is 22.2 Å². The lowest BCUT2D eigenvalue weighted by Crippen LogP contribution is -2.03. The molecule has 0 aliphatic heterocycles. The summed E-state index contributed by atoms with van der Waals surface area (Å²) in [6.45, 7) is 3.57. The van der Waals surface area contributed by atoms with E-state index in [9.17, 15) is 0 Å². The van der Waals surface area contributed by atoms with Crippen molar-refractivity contribution in [2.24, 2.45) is 0 Å². The predicted molar refractivity (Wildman–Crippen MR) is 78.6 cm³/mol. The number of hydrogen-bond donors (Lipinski definition) is 1. The molecule has 0 atom stereocenters. The molecule has 0 radical (unpaired) electrons. The van der Waals surface area contributed by atoms with E-state index in [1.165, 1.54) is 10.9 Å². The van der Waals surface area contributed by atoms with Crippen molar-refractivity contribution in [2.75, 3.05) is 13.7 Å². The van der Waals surface area contributed by atoms with Gasteiger partial charge in [-0.1, -0.05) is 6.92 Å². The Labute approximate surface area is 117 Å². The van der Waals surface area contributed by atoms with Crippen molar-refractivity contribution in [3.05, 3.63) is 36.4 Å². The average Bonchev–Trinajstić information content (AvgIpc) is 3.10. The van der Waals surface area contributed by atoms with Gasteiger partial charge >= 0.3 is 0 Å². The average molecular weight is 270 g/mol. The maximum absolute atomic E-state index is 5.06. The van der Waals surface area contributed by atoms with Crippen LogP contribution < -0.4 is 0 Å². The topological polar surface area (TPSA) is 55.7 Å². The number of methoxy groups -OCH3 is 1. The number of aromatic nitrogens is 4. The molecule has 0 aliphatic carbocycles. The maximum atomic E-state index is 5.06. The second kappa shape index (κ2) is 5.46. The van der Waals surface area contributed by atoms with E-state index in [4.69, 9.17) is 4.74 Å². The van der Waals surface area contributed by atoms with E-state index in [2.05, 4.69) is 28.1 Å². The van der Waals surface area contributed by atoms with Crippen LogP contribution in [0.15, 0.2) is 30.9 Å². The molecule has 3 aromatic heterocycles. The summed E-state index contributed by atoms with van der Waals surface area (Å²) in [4.78, 5) is 7.68. The van der Waals surface area contributed by atoms with Crippen molar-refractivity contribution in [3.8, 4) is 11.1 Å². The van der Waals surface area contributed by atoms with Gasteiger partial charge in [-0.25, -0.2) is 4.98 Å². The molecule has 0 aliphatic rings. The summed E-state index contributed by atoms with van der Waals surface area (Å²) in [5.41, 5.74) is 4.41. The fourth-order valence-corrected chi connectivity index (χ4v) is 2.33. The van der Waals surface area contributed by atoms with Crippen LogP contribution in [-0.2, 0) is 17.7 Å². The highest BCUT2D eigenvalue weighted by Gasteiger charge is 2.07. The zero-order valence-corrected chi connectivity index (χ0v) is 11.8. The first-order valence-corrected chi connectivity index (χ1v) is 6.79. The van der Waals surface area contributed by atoms with Gasteiger partial charge in [0.15, 0.2) is 0 Å². The molecule has 3 rings (SSSR count).